The molecule has 3 heteroatoms. The number of hydrogen-bond donors (Lipinski definition) is 0. The van der Waals surface area contributed by atoms with Crippen LogP contribution in [0.1, 0.15) is 17.0 Å². The summed E-state index contributed by atoms with van der Waals surface area (Å²) in [5, 5.41) is 4.31. The summed E-state index contributed by atoms with van der Waals surface area (Å²) in [6, 6.07) is 10.1. The molecule has 16 heavy (non-hydrogen) atoms. The van der Waals surface area contributed by atoms with Crippen molar-refractivity contribution in [3.8, 4) is 5.75 Å². The van der Waals surface area contributed by atoms with Gasteiger partial charge in [-0.3, -0.25) is 4.68 Å². The van der Waals surface area contributed by atoms with Crippen LogP contribution < -0.4 is 4.74 Å². The number of nitrogens with zero attached hydrogens (tertiary/aromatic N) is 2. The Morgan fingerprint density at radius 3 is 2.44 bits per heavy atom. The Labute approximate surface area is 95.7 Å². The first-order chi connectivity index (χ1) is 7.68. The molecule has 0 atom stereocenters. The van der Waals surface area contributed by atoms with Crippen LogP contribution in [-0.2, 0) is 13.7 Å². The van der Waals surface area contributed by atoms with E-state index < -0.39 is 0 Å². The van der Waals surface area contributed by atoms with E-state index in [2.05, 4.69) is 17.2 Å². The molecule has 0 saturated carbocycles. The molecular formula is C13H16N2O. The van der Waals surface area contributed by atoms with Gasteiger partial charge < -0.3 is 4.74 Å². The Bertz CT molecular complexity index is 474. The van der Waals surface area contributed by atoms with Gasteiger partial charge in [0.25, 0.3) is 0 Å². The number of hydrogen-bond acceptors (Lipinski definition) is 2. The smallest absolute Gasteiger partial charge is 0.163 e. The molecule has 0 bridgehead atoms. The summed E-state index contributed by atoms with van der Waals surface area (Å²) in [6.45, 7) is 4.57. The van der Waals surface area contributed by atoms with E-state index in [0.29, 0.717) is 6.61 Å². The maximum Gasteiger partial charge on any atom is 0.163 e. The van der Waals surface area contributed by atoms with Gasteiger partial charge in [0.1, 0.15) is 12.3 Å². The Morgan fingerprint density at radius 2 is 1.88 bits per heavy atom. The molecule has 0 spiro atoms. The second-order valence-electron chi connectivity index (χ2n) is 3.90. The van der Waals surface area contributed by atoms with Crippen molar-refractivity contribution in [3.63, 3.8) is 0 Å². The molecule has 84 valence electrons. The molecule has 1 aromatic heterocycles. The van der Waals surface area contributed by atoms with Crippen LogP contribution >= 0.6 is 0 Å². The zero-order valence-corrected chi connectivity index (χ0v) is 9.90. The van der Waals surface area contributed by atoms with Gasteiger partial charge in [-0.25, -0.2) is 0 Å². The van der Waals surface area contributed by atoms with Crippen molar-refractivity contribution in [2.24, 2.45) is 7.05 Å². The van der Waals surface area contributed by atoms with Crippen molar-refractivity contribution in [1.29, 1.82) is 0 Å². The molecule has 0 amide bonds. The predicted octanol–water partition coefficient (Wildman–Crippen LogP) is 2.62. The lowest BCUT2D eigenvalue weighted by Gasteiger charge is -2.06. The topological polar surface area (TPSA) is 27.1 Å². The lowest BCUT2D eigenvalue weighted by atomic mass is 10.2. The third kappa shape index (κ3) is 2.08. The molecule has 0 aliphatic carbocycles. The third-order valence-electron chi connectivity index (χ3n) is 2.67. The minimum Gasteiger partial charge on any atom is -0.485 e. The minimum absolute atomic E-state index is 0.591. The van der Waals surface area contributed by atoms with Crippen molar-refractivity contribution in [3.05, 3.63) is 47.3 Å². The van der Waals surface area contributed by atoms with E-state index in [4.69, 9.17) is 4.74 Å². The van der Waals surface area contributed by atoms with Crippen LogP contribution in [0.3, 0.4) is 0 Å². The molecule has 1 aromatic carbocycles. The normalized spacial score (nSPS) is 10.4. The second-order valence-corrected chi connectivity index (χ2v) is 3.90. The Balaban J connectivity index is 2.11. The van der Waals surface area contributed by atoms with Crippen LogP contribution in [0.5, 0.6) is 5.75 Å². The van der Waals surface area contributed by atoms with Gasteiger partial charge in [-0.15, -0.1) is 0 Å². The number of rotatable bonds is 3. The summed E-state index contributed by atoms with van der Waals surface area (Å²) in [6.07, 6.45) is 0. The number of ether oxygens (including phenoxy) is 1. The van der Waals surface area contributed by atoms with Crippen LogP contribution in [0.15, 0.2) is 30.3 Å². The first-order valence-electron chi connectivity index (χ1n) is 5.35. The Hall–Kier alpha value is -1.77. The average molecular weight is 216 g/mol. The van der Waals surface area contributed by atoms with E-state index in [-0.39, 0.29) is 0 Å². The molecule has 0 radical (unpaired) electrons. The summed E-state index contributed by atoms with van der Waals surface area (Å²) in [5.41, 5.74) is 3.18. The summed E-state index contributed by atoms with van der Waals surface area (Å²) in [5.74, 6) is 0.895. The zero-order chi connectivity index (χ0) is 11.5. The van der Waals surface area contributed by atoms with E-state index in [1.807, 2.05) is 43.8 Å². The van der Waals surface area contributed by atoms with Crippen molar-refractivity contribution in [2.75, 3.05) is 0 Å². The summed E-state index contributed by atoms with van der Waals surface area (Å²) >= 11 is 0. The maximum absolute atomic E-state index is 5.79. The van der Waals surface area contributed by atoms with Crippen LogP contribution in [0, 0.1) is 13.8 Å². The van der Waals surface area contributed by atoms with Gasteiger partial charge in [0.15, 0.2) is 5.75 Å². The molecule has 0 aliphatic rings. The van der Waals surface area contributed by atoms with Gasteiger partial charge in [0.05, 0.1) is 5.69 Å². The summed E-state index contributed by atoms with van der Waals surface area (Å²) in [4.78, 5) is 0. The molecule has 2 rings (SSSR count). The van der Waals surface area contributed by atoms with Gasteiger partial charge >= 0.3 is 0 Å². The van der Waals surface area contributed by atoms with Crippen LogP contribution in [0.4, 0.5) is 0 Å². The molecule has 0 aliphatic heterocycles. The Kier molecular flexibility index (Phi) is 2.95. The third-order valence-corrected chi connectivity index (χ3v) is 2.67. The molecule has 0 N–H and O–H groups in total. The molecule has 0 fully saturated rings. The highest BCUT2D eigenvalue weighted by atomic mass is 16.5. The molecule has 2 aromatic rings. The highest BCUT2D eigenvalue weighted by molar-refractivity contribution is 5.32. The lowest BCUT2D eigenvalue weighted by Crippen LogP contribution is -1.97. The monoisotopic (exact) mass is 216 g/mol. The SMILES string of the molecule is Cc1nn(C)c(C)c1OCc1ccccc1. The van der Waals surface area contributed by atoms with Crippen LogP contribution in [0.25, 0.3) is 0 Å². The molecule has 3 nitrogen and oxygen atoms in total. The number of aromatic nitrogens is 2. The molecule has 0 unspecified atom stereocenters. The van der Waals surface area contributed by atoms with Crippen molar-refractivity contribution in [2.45, 2.75) is 20.5 Å². The molecule has 0 saturated heterocycles. The summed E-state index contributed by atoms with van der Waals surface area (Å²) < 4.78 is 7.63. The Morgan fingerprint density at radius 1 is 1.19 bits per heavy atom. The number of aryl methyl sites for hydroxylation is 2. The fourth-order valence-electron chi connectivity index (χ4n) is 1.69. The van der Waals surface area contributed by atoms with E-state index in [1.54, 1.807) is 0 Å². The van der Waals surface area contributed by atoms with E-state index >= 15 is 0 Å². The molecule has 1 heterocycles. The van der Waals surface area contributed by atoms with Gasteiger partial charge in [-0.1, -0.05) is 30.3 Å². The van der Waals surface area contributed by atoms with Crippen LogP contribution in [-0.4, -0.2) is 9.78 Å². The fraction of sp³-hybridized carbons (Fsp3) is 0.308. The zero-order valence-electron chi connectivity index (χ0n) is 9.90. The predicted molar refractivity (Wildman–Crippen MR) is 63.5 cm³/mol. The maximum atomic E-state index is 5.79. The fourth-order valence-corrected chi connectivity index (χ4v) is 1.69. The first-order valence-corrected chi connectivity index (χ1v) is 5.35. The average Bonchev–Trinajstić information content (AvgIpc) is 2.53. The van der Waals surface area contributed by atoms with Gasteiger partial charge in [0, 0.05) is 7.05 Å². The standard InChI is InChI=1S/C13H16N2O/c1-10-13(11(2)15(3)14-10)16-9-12-7-5-4-6-8-12/h4-8H,9H2,1-3H3. The van der Waals surface area contributed by atoms with Crippen molar-refractivity contribution in [1.82, 2.24) is 9.78 Å². The van der Waals surface area contributed by atoms with Gasteiger partial charge in [-0.2, -0.15) is 5.10 Å². The largest absolute Gasteiger partial charge is 0.485 e. The lowest BCUT2D eigenvalue weighted by molar-refractivity contribution is 0.301. The molecular weight excluding hydrogens is 200 g/mol. The van der Waals surface area contributed by atoms with E-state index in [1.165, 1.54) is 5.56 Å². The highest BCUT2D eigenvalue weighted by Gasteiger charge is 2.10. The van der Waals surface area contributed by atoms with Crippen molar-refractivity contribution >= 4 is 0 Å². The quantitative estimate of drug-likeness (QED) is 0.788. The summed E-state index contributed by atoms with van der Waals surface area (Å²) in [7, 11) is 1.93. The number of benzene rings is 1. The van der Waals surface area contributed by atoms with Gasteiger partial charge in [-0.05, 0) is 19.4 Å². The highest BCUT2D eigenvalue weighted by Crippen LogP contribution is 2.22. The second kappa shape index (κ2) is 4.39. The van der Waals surface area contributed by atoms with Crippen LogP contribution in [0.2, 0.25) is 0 Å². The van der Waals surface area contributed by atoms with Crippen molar-refractivity contribution < 1.29 is 4.74 Å². The first kappa shape index (κ1) is 10.7. The minimum atomic E-state index is 0.591. The van der Waals surface area contributed by atoms with Gasteiger partial charge in [0.2, 0.25) is 0 Å². The van der Waals surface area contributed by atoms with E-state index in [0.717, 1.165) is 17.1 Å². The van der Waals surface area contributed by atoms with E-state index in [9.17, 15) is 0 Å².